The summed E-state index contributed by atoms with van der Waals surface area (Å²) in [6.07, 6.45) is 5.53. The Morgan fingerprint density at radius 2 is 1.97 bits per heavy atom. The lowest BCUT2D eigenvalue weighted by atomic mass is 9.81. The topological polar surface area (TPSA) is 63.5 Å². The van der Waals surface area contributed by atoms with Crippen molar-refractivity contribution in [1.82, 2.24) is 19.7 Å². The number of benzene rings is 1. The van der Waals surface area contributed by atoms with Crippen molar-refractivity contribution >= 4 is 11.7 Å². The van der Waals surface area contributed by atoms with Gasteiger partial charge in [0.25, 0.3) is 5.91 Å². The molecule has 7 nitrogen and oxygen atoms in total. The van der Waals surface area contributed by atoms with E-state index in [0.29, 0.717) is 18.7 Å². The van der Waals surface area contributed by atoms with Gasteiger partial charge in [0.15, 0.2) is 0 Å². The molecule has 7 heteroatoms. The molecule has 0 bridgehead atoms. The second kappa shape index (κ2) is 9.82. The van der Waals surface area contributed by atoms with E-state index in [1.807, 2.05) is 67.2 Å². The second-order valence-corrected chi connectivity index (χ2v) is 9.83. The molecule has 1 amide bonds. The van der Waals surface area contributed by atoms with Crippen LogP contribution in [0.3, 0.4) is 0 Å². The number of piperidine rings is 1. The van der Waals surface area contributed by atoms with Crippen LogP contribution in [-0.4, -0.2) is 63.5 Å². The summed E-state index contributed by atoms with van der Waals surface area (Å²) in [6, 6.07) is 16.1. The van der Waals surface area contributed by atoms with Crippen LogP contribution in [0.5, 0.6) is 0 Å². The van der Waals surface area contributed by atoms with Crippen molar-refractivity contribution in [2.75, 3.05) is 31.1 Å². The number of rotatable bonds is 5. The van der Waals surface area contributed by atoms with Crippen molar-refractivity contribution in [2.45, 2.75) is 58.1 Å². The first-order valence-electron chi connectivity index (χ1n) is 12.7. The summed E-state index contributed by atoms with van der Waals surface area (Å²) < 4.78 is 8.30. The molecule has 184 valence electrons. The van der Waals surface area contributed by atoms with Crippen molar-refractivity contribution in [3.05, 3.63) is 71.7 Å². The van der Waals surface area contributed by atoms with E-state index in [9.17, 15) is 4.79 Å². The minimum absolute atomic E-state index is 0.0869. The molecule has 4 heterocycles. The first-order valence-corrected chi connectivity index (χ1v) is 12.7. The monoisotopic (exact) mass is 473 g/mol. The van der Waals surface area contributed by atoms with Crippen LogP contribution in [0.4, 0.5) is 5.82 Å². The van der Waals surface area contributed by atoms with Crippen LogP contribution in [0.15, 0.2) is 54.7 Å². The van der Waals surface area contributed by atoms with Gasteiger partial charge in [-0.1, -0.05) is 12.1 Å². The lowest BCUT2D eigenvalue weighted by Gasteiger charge is -2.48. The number of amides is 1. The van der Waals surface area contributed by atoms with Gasteiger partial charge in [-0.2, -0.15) is 5.10 Å². The lowest BCUT2D eigenvalue weighted by molar-refractivity contribution is -0.113. The number of anilines is 1. The smallest absolute Gasteiger partial charge is 0.254 e. The summed E-state index contributed by atoms with van der Waals surface area (Å²) in [5.41, 5.74) is 3.50. The third-order valence-corrected chi connectivity index (χ3v) is 7.50. The third-order valence-electron chi connectivity index (χ3n) is 7.50. The number of ether oxygens (including phenoxy) is 1. The number of carbonyl (C=O) groups is 1. The van der Waals surface area contributed by atoms with Crippen LogP contribution in [-0.2, 0) is 4.74 Å². The highest BCUT2D eigenvalue weighted by Gasteiger charge is 2.42. The molecule has 2 aliphatic heterocycles. The van der Waals surface area contributed by atoms with E-state index in [-0.39, 0.29) is 17.6 Å². The van der Waals surface area contributed by atoms with Gasteiger partial charge in [-0.25, -0.2) is 9.67 Å². The van der Waals surface area contributed by atoms with Gasteiger partial charge in [0.05, 0.1) is 17.0 Å². The average Bonchev–Trinajstić information content (AvgIpc) is 3.23. The number of aryl methyl sites for hydroxylation is 2. The van der Waals surface area contributed by atoms with Crippen LogP contribution in [0.25, 0.3) is 5.69 Å². The molecule has 3 aromatic rings. The molecule has 1 unspecified atom stereocenters. The van der Waals surface area contributed by atoms with Gasteiger partial charge in [0, 0.05) is 49.7 Å². The highest BCUT2D eigenvalue weighted by Crippen LogP contribution is 2.38. The highest BCUT2D eigenvalue weighted by atomic mass is 16.5. The first kappa shape index (κ1) is 23.5. The van der Waals surface area contributed by atoms with Crippen LogP contribution >= 0.6 is 0 Å². The fraction of sp³-hybridized carbons (Fsp3) is 0.464. The normalized spacial score (nSPS) is 19.6. The SMILES string of the molecule is CCN(C(=O)c1cccc(-n2nc(C)cc2C)c1)C1CCOC2(CCN(c3ccccn3)CC2)C1. The summed E-state index contributed by atoms with van der Waals surface area (Å²) in [4.78, 5) is 22.6. The predicted molar refractivity (Wildman–Crippen MR) is 137 cm³/mol. The number of pyridine rings is 1. The number of hydrogen-bond donors (Lipinski definition) is 0. The standard InChI is InChI=1S/C28H35N5O2/c1-4-32(27(34)23-8-7-9-24(19-23)33-22(3)18-21(2)30-33)25-11-17-35-28(20-25)12-15-31(16-13-28)26-10-5-6-14-29-26/h5-10,14,18-19,25H,4,11-13,15-17,20H2,1-3H3. The van der Waals surface area contributed by atoms with Crippen LogP contribution < -0.4 is 4.90 Å². The van der Waals surface area contributed by atoms with E-state index < -0.39 is 0 Å². The van der Waals surface area contributed by atoms with Crippen molar-refractivity contribution < 1.29 is 9.53 Å². The van der Waals surface area contributed by atoms with E-state index >= 15 is 0 Å². The predicted octanol–water partition coefficient (Wildman–Crippen LogP) is 4.56. The second-order valence-electron chi connectivity index (χ2n) is 9.83. The van der Waals surface area contributed by atoms with Crippen LogP contribution in [0.2, 0.25) is 0 Å². The summed E-state index contributed by atoms with van der Waals surface area (Å²) in [7, 11) is 0. The summed E-state index contributed by atoms with van der Waals surface area (Å²) in [6.45, 7) is 9.33. The number of nitrogens with zero attached hydrogens (tertiary/aromatic N) is 5. The Bertz CT molecular complexity index is 1170. The summed E-state index contributed by atoms with van der Waals surface area (Å²) >= 11 is 0. The molecule has 0 saturated carbocycles. The Labute approximate surface area is 207 Å². The molecular formula is C28H35N5O2. The molecule has 0 N–H and O–H groups in total. The number of carbonyl (C=O) groups excluding carboxylic acids is 1. The van der Waals surface area contributed by atoms with E-state index in [1.54, 1.807) is 0 Å². The maximum atomic E-state index is 13.7. The van der Waals surface area contributed by atoms with Gasteiger partial charge >= 0.3 is 0 Å². The Balaban J connectivity index is 1.30. The first-order chi connectivity index (χ1) is 17.0. The van der Waals surface area contributed by atoms with Crippen molar-refractivity contribution in [3.63, 3.8) is 0 Å². The van der Waals surface area contributed by atoms with E-state index in [4.69, 9.17) is 4.74 Å². The highest BCUT2D eigenvalue weighted by molar-refractivity contribution is 5.95. The zero-order valence-electron chi connectivity index (χ0n) is 21.0. The van der Waals surface area contributed by atoms with E-state index in [2.05, 4.69) is 32.9 Å². The maximum Gasteiger partial charge on any atom is 0.254 e. The van der Waals surface area contributed by atoms with Gasteiger partial charge in [0.1, 0.15) is 5.82 Å². The Hall–Kier alpha value is -3.19. The average molecular weight is 474 g/mol. The molecule has 2 saturated heterocycles. The van der Waals surface area contributed by atoms with Gasteiger partial charge < -0.3 is 14.5 Å². The zero-order valence-corrected chi connectivity index (χ0v) is 21.0. The van der Waals surface area contributed by atoms with Crippen LogP contribution in [0.1, 0.15) is 54.4 Å². The molecule has 5 rings (SSSR count). The minimum Gasteiger partial charge on any atom is -0.375 e. The molecule has 2 aliphatic rings. The van der Waals surface area contributed by atoms with Crippen molar-refractivity contribution in [1.29, 1.82) is 0 Å². The van der Waals surface area contributed by atoms with Gasteiger partial charge in [-0.15, -0.1) is 0 Å². The molecule has 1 spiro atoms. The van der Waals surface area contributed by atoms with Gasteiger partial charge in [0.2, 0.25) is 0 Å². The number of aromatic nitrogens is 3. The van der Waals surface area contributed by atoms with Gasteiger partial charge in [-0.05, 0) is 82.9 Å². The molecular weight excluding hydrogens is 438 g/mol. The Morgan fingerprint density at radius 1 is 1.14 bits per heavy atom. The fourth-order valence-corrected chi connectivity index (χ4v) is 5.69. The molecule has 2 aromatic heterocycles. The van der Waals surface area contributed by atoms with E-state index in [1.165, 1.54) is 0 Å². The summed E-state index contributed by atoms with van der Waals surface area (Å²) in [5, 5.41) is 4.59. The van der Waals surface area contributed by atoms with Gasteiger partial charge in [-0.3, -0.25) is 4.79 Å². The lowest BCUT2D eigenvalue weighted by Crippen LogP contribution is -2.54. The fourth-order valence-electron chi connectivity index (χ4n) is 5.69. The third kappa shape index (κ3) is 4.82. The molecule has 0 radical (unpaired) electrons. The quantitative estimate of drug-likeness (QED) is 0.543. The Kier molecular flexibility index (Phi) is 6.60. The molecule has 35 heavy (non-hydrogen) atoms. The largest absolute Gasteiger partial charge is 0.375 e. The minimum atomic E-state index is -0.159. The van der Waals surface area contributed by atoms with Crippen LogP contribution in [0, 0.1) is 13.8 Å². The van der Waals surface area contributed by atoms with E-state index in [0.717, 1.165) is 61.7 Å². The number of hydrogen-bond acceptors (Lipinski definition) is 5. The zero-order chi connectivity index (χ0) is 24.4. The molecule has 0 aliphatic carbocycles. The van der Waals surface area contributed by atoms with Crippen molar-refractivity contribution in [2.24, 2.45) is 0 Å². The molecule has 1 atom stereocenters. The summed E-state index contributed by atoms with van der Waals surface area (Å²) in [5.74, 6) is 1.12. The maximum absolute atomic E-state index is 13.7. The Morgan fingerprint density at radius 3 is 2.66 bits per heavy atom. The molecule has 2 fully saturated rings. The van der Waals surface area contributed by atoms with Crippen molar-refractivity contribution in [3.8, 4) is 5.69 Å². The molecule has 1 aromatic carbocycles.